The highest BCUT2D eigenvalue weighted by atomic mass is 16.5. The predicted octanol–water partition coefficient (Wildman–Crippen LogP) is 3.13. The van der Waals surface area contributed by atoms with E-state index in [0.717, 1.165) is 28.4 Å². The fraction of sp³-hybridized carbons (Fsp3) is 0.294. The lowest BCUT2D eigenvalue weighted by atomic mass is 10.1. The first-order valence-corrected chi connectivity index (χ1v) is 6.98. The van der Waals surface area contributed by atoms with Gasteiger partial charge >= 0.3 is 0 Å². The summed E-state index contributed by atoms with van der Waals surface area (Å²) < 4.78 is 16.5. The van der Waals surface area contributed by atoms with Gasteiger partial charge < -0.3 is 19.9 Å². The third-order valence-electron chi connectivity index (χ3n) is 3.11. The second kappa shape index (κ2) is 7.55. The van der Waals surface area contributed by atoms with Gasteiger partial charge in [0.05, 0.1) is 13.7 Å². The summed E-state index contributed by atoms with van der Waals surface area (Å²) in [4.78, 5) is 0. The van der Waals surface area contributed by atoms with Crippen LogP contribution in [0.15, 0.2) is 42.5 Å². The number of methoxy groups -OCH3 is 1. The summed E-state index contributed by atoms with van der Waals surface area (Å²) in [7, 11) is 1.64. The fourth-order valence-corrected chi connectivity index (χ4v) is 2.01. The van der Waals surface area contributed by atoms with E-state index in [1.165, 1.54) is 0 Å². The van der Waals surface area contributed by atoms with Crippen LogP contribution in [0.2, 0.25) is 0 Å². The molecule has 0 aliphatic rings. The molecule has 2 aromatic rings. The Morgan fingerprint density at radius 1 is 0.952 bits per heavy atom. The van der Waals surface area contributed by atoms with Crippen LogP contribution >= 0.6 is 0 Å². The van der Waals surface area contributed by atoms with Crippen LogP contribution in [0.3, 0.4) is 0 Å². The van der Waals surface area contributed by atoms with E-state index in [1.54, 1.807) is 7.11 Å². The summed E-state index contributed by atoms with van der Waals surface area (Å²) in [5, 5.41) is 0. The average molecular weight is 287 g/mol. The van der Waals surface area contributed by atoms with Crippen LogP contribution in [-0.4, -0.2) is 13.7 Å². The average Bonchev–Trinajstić information content (AvgIpc) is 2.54. The molecule has 0 radical (unpaired) electrons. The normalized spacial score (nSPS) is 10.2. The molecule has 4 heteroatoms. The molecule has 0 saturated heterocycles. The van der Waals surface area contributed by atoms with Crippen LogP contribution < -0.4 is 19.9 Å². The van der Waals surface area contributed by atoms with Gasteiger partial charge in [-0.25, -0.2) is 0 Å². The number of hydrogen-bond donors (Lipinski definition) is 1. The number of benzene rings is 2. The molecule has 0 aliphatic heterocycles. The Labute approximate surface area is 125 Å². The molecule has 4 nitrogen and oxygen atoms in total. The summed E-state index contributed by atoms with van der Waals surface area (Å²) in [6.45, 7) is 3.56. The molecule has 2 rings (SSSR count). The Balaban J connectivity index is 1.99. The van der Waals surface area contributed by atoms with Crippen molar-refractivity contribution in [2.75, 3.05) is 13.7 Å². The SMILES string of the molecule is CCOc1ccc(OCc2ccc(CN)c(OC)c2)cc1. The van der Waals surface area contributed by atoms with Crippen LogP contribution in [0.1, 0.15) is 18.1 Å². The second-order valence-corrected chi connectivity index (χ2v) is 4.54. The second-order valence-electron chi connectivity index (χ2n) is 4.54. The van der Waals surface area contributed by atoms with Gasteiger partial charge in [0.25, 0.3) is 0 Å². The maximum atomic E-state index is 5.76. The topological polar surface area (TPSA) is 53.7 Å². The smallest absolute Gasteiger partial charge is 0.123 e. The molecule has 0 aliphatic carbocycles. The van der Waals surface area contributed by atoms with Crippen LogP contribution in [0.5, 0.6) is 17.2 Å². The fourth-order valence-electron chi connectivity index (χ4n) is 2.01. The maximum absolute atomic E-state index is 5.76. The van der Waals surface area contributed by atoms with E-state index in [2.05, 4.69) is 0 Å². The summed E-state index contributed by atoms with van der Waals surface area (Å²) in [5.41, 5.74) is 7.68. The van der Waals surface area contributed by atoms with E-state index >= 15 is 0 Å². The predicted molar refractivity (Wildman–Crippen MR) is 82.8 cm³/mol. The molecule has 0 heterocycles. The number of rotatable bonds is 7. The van der Waals surface area contributed by atoms with Gasteiger partial charge in [0, 0.05) is 12.1 Å². The maximum Gasteiger partial charge on any atom is 0.123 e. The van der Waals surface area contributed by atoms with Gasteiger partial charge in [-0.05, 0) is 42.8 Å². The Kier molecular flexibility index (Phi) is 5.46. The molecule has 2 aromatic carbocycles. The summed E-state index contributed by atoms with van der Waals surface area (Å²) >= 11 is 0. The van der Waals surface area contributed by atoms with Crippen molar-refractivity contribution in [3.05, 3.63) is 53.6 Å². The van der Waals surface area contributed by atoms with Crippen molar-refractivity contribution >= 4 is 0 Å². The molecule has 0 saturated carbocycles. The molecule has 0 atom stereocenters. The van der Waals surface area contributed by atoms with Crippen LogP contribution in [0.4, 0.5) is 0 Å². The first-order valence-electron chi connectivity index (χ1n) is 6.98. The van der Waals surface area contributed by atoms with Crippen molar-refractivity contribution in [2.24, 2.45) is 5.73 Å². The highest BCUT2D eigenvalue weighted by molar-refractivity contribution is 5.38. The van der Waals surface area contributed by atoms with Gasteiger partial charge in [-0.15, -0.1) is 0 Å². The lowest BCUT2D eigenvalue weighted by Crippen LogP contribution is -2.02. The standard InChI is InChI=1S/C17H21NO3/c1-3-20-15-6-8-16(9-7-15)21-12-13-4-5-14(11-18)17(10-13)19-2/h4-10H,3,11-12,18H2,1-2H3. The number of ether oxygens (including phenoxy) is 3. The first kappa shape index (κ1) is 15.2. The Bertz CT molecular complexity index is 567. The largest absolute Gasteiger partial charge is 0.496 e. The van der Waals surface area contributed by atoms with E-state index in [4.69, 9.17) is 19.9 Å². The molecule has 0 bridgehead atoms. The van der Waals surface area contributed by atoms with Gasteiger partial charge in [0.2, 0.25) is 0 Å². The zero-order valence-corrected chi connectivity index (χ0v) is 12.5. The minimum absolute atomic E-state index is 0.462. The van der Waals surface area contributed by atoms with E-state index in [9.17, 15) is 0 Å². The van der Waals surface area contributed by atoms with Crippen molar-refractivity contribution < 1.29 is 14.2 Å². The van der Waals surface area contributed by atoms with Crippen LogP contribution in [0, 0.1) is 0 Å². The molecule has 0 aromatic heterocycles. The number of nitrogens with two attached hydrogens (primary N) is 1. The highest BCUT2D eigenvalue weighted by Crippen LogP contribution is 2.22. The quantitative estimate of drug-likeness (QED) is 0.850. The van der Waals surface area contributed by atoms with Crippen molar-refractivity contribution in [2.45, 2.75) is 20.1 Å². The molecular formula is C17H21NO3. The summed E-state index contributed by atoms with van der Waals surface area (Å²) in [6, 6.07) is 13.5. The monoisotopic (exact) mass is 287 g/mol. The van der Waals surface area contributed by atoms with Gasteiger partial charge in [-0.3, -0.25) is 0 Å². The molecule has 2 N–H and O–H groups in total. The third kappa shape index (κ3) is 4.13. The molecule has 0 amide bonds. The van der Waals surface area contributed by atoms with E-state index in [0.29, 0.717) is 19.8 Å². The lowest BCUT2D eigenvalue weighted by molar-refractivity contribution is 0.303. The third-order valence-corrected chi connectivity index (χ3v) is 3.11. The Morgan fingerprint density at radius 3 is 2.19 bits per heavy atom. The van der Waals surface area contributed by atoms with E-state index < -0.39 is 0 Å². The molecular weight excluding hydrogens is 266 g/mol. The van der Waals surface area contributed by atoms with E-state index in [1.807, 2.05) is 49.4 Å². The first-order chi connectivity index (χ1) is 10.3. The Morgan fingerprint density at radius 2 is 1.62 bits per heavy atom. The van der Waals surface area contributed by atoms with Gasteiger partial charge in [0.1, 0.15) is 23.9 Å². The minimum atomic E-state index is 0.462. The van der Waals surface area contributed by atoms with E-state index in [-0.39, 0.29) is 0 Å². The zero-order valence-electron chi connectivity index (χ0n) is 12.5. The number of hydrogen-bond acceptors (Lipinski definition) is 4. The van der Waals surface area contributed by atoms with Gasteiger partial charge in [-0.1, -0.05) is 12.1 Å². The van der Waals surface area contributed by atoms with Gasteiger partial charge in [-0.2, -0.15) is 0 Å². The van der Waals surface area contributed by atoms with Crippen LogP contribution in [0.25, 0.3) is 0 Å². The molecule has 0 spiro atoms. The molecule has 21 heavy (non-hydrogen) atoms. The molecule has 0 unspecified atom stereocenters. The lowest BCUT2D eigenvalue weighted by Gasteiger charge is -2.11. The molecule has 0 fully saturated rings. The van der Waals surface area contributed by atoms with Gasteiger partial charge in [0.15, 0.2) is 0 Å². The summed E-state index contributed by atoms with van der Waals surface area (Å²) in [5.74, 6) is 2.45. The van der Waals surface area contributed by atoms with Crippen molar-refractivity contribution in [3.63, 3.8) is 0 Å². The Hall–Kier alpha value is -2.20. The highest BCUT2D eigenvalue weighted by Gasteiger charge is 2.04. The van der Waals surface area contributed by atoms with Crippen molar-refractivity contribution in [1.29, 1.82) is 0 Å². The zero-order chi connectivity index (χ0) is 15.1. The van der Waals surface area contributed by atoms with Crippen molar-refractivity contribution in [3.8, 4) is 17.2 Å². The van der Waals surface area contributed by atoms with Crippen molar-refractivity contribution in [1.82, 2.24) is 0 Å². The molecule has 112 valence electrons. The minimum Gasteiger partial charge on any atom is -0.496 e. The van der Waals surface area contributed by atoms with Crippen LogP contribution in [-0.2, 0) is 13.2 Å². The summed E-state index contributed by atoms with van der Waals surface area (Å²) in [6.07, 6.45) is 0.